The van der Waals surface area contributed by atoms with Crippen LogP contribution in [0.4, 0.5) is 0 Å². The third-order valence-electron chi connectivity index (χ3n) is 3.96. The molecule has 0 aliphatic carbocycles. The minimum atomic E-state index is -0.754. The summed E-state index contributed by atoms with van der Waals surface area (Å²) in [5, 5.41) is 11.7. The van der Waals surface area contributed by atoms with Gasteiger partial charge in [0.25, 0.3) is 0 Å². The summed E-state index contributed by atoms with van der Waals surface area (Å²) in [7, 11) is 0. The molecule has 0 aromatic rings. The average molecular weight is 285 g/mol. The molecule has 0 saturated carbocycles. The Bertz CT molecular complexity index is 311. The van der Waals surface area contributed by atoms with Gasteiger partial charge in [0.2, 0.25) is 5.91 Å². The summed E-state index contributed by atoms with van der Waals surface area (Å²) in [4.78, 5) is 22.5. The standard InChI is InChI=1S/C15H27NO4/c1-11(2)12(6-7-14(17)18)8-9-16-15(19)13-5-3-4-10-20-13/h11-13H,3-10H2,1-2H3,(H,16,19)(H,17,18). The van der Waals surface area contributed by atoms with Gasteiger partial charge in [0.1, 0.15) is 6.10 Å². The molecule has 5 heteroatoms. The summed E-state index contributed by atoms with van der Waals surface area (Å²) in [5.74, 6) is -0.0170. The second-order valence-electron chi connectivity index (χ2n) is 5.87. The van der Waals surface area contributed by atoms with Gasteiger partial charge in [-0.15, -0.1) is 0 Å². The molecule has 0 spiro atoms. The van der Waals surface area contributed by atoms with Gasteiger partial charge in [-0.1, -0.05) is 13.8 Å². The largest absolute Gasteiger partial charge is 0.481 e. The third kappa shape index (κ3) is 6.37. The van der Waals surface area contributed by atoms with Crippen LogP contribution in [0.15, 0.2) is 0 Å². The average Bonchev–Trinajstić information content (AvgIpc) is 2.42. The number of rotatable bonds is 8. The van der Waals surface area contributed by atoms with Gasteiger partial charge in [0.05, 0.1) is 0 Å². The minimum Gasteiger partial charge on any atom is -0.481 e. The van der Waals surface area contributed by atoms with Crippen molar-refractivity contribution in [1.29, 1.82) is 0 Å². The number of ether oxygens (including phenoxy) is 1. The fourth-order valence-corrected chi connectivity index (χ4v) is 2.56. The van der Waals surface area contributed by atoms with Crippen molar-refractivity contribution < 1.29 is 19.4 Å². The lowest BCUT2D eigenvalue weighted by Gasteiger charge is -2.23. The number of carbonyl (C=O) groups is 2. The minimum absolute atomic E-state index is 0.0227. The number of hydrogen-bond acceptors (Lipinski definition) is 3. The summed E-state index contributed by atoms with van der Waals surface area (Å²) < 4.78 is 5.43. The van der Waals surface area contributed by atoms with Gasteiger partial charge in [-0.2, -0.15) is 0 Å². The summed E-state index contributed by atoms with van der Waals surface area (Å²) >= 11 is 0. The lowest BCUT2D eigenvalue weighted by atomic mass is 9.88. The molecule has 1 saturated heterocycles. The van der Waals surface area contributed by atoms with E-state index in [4.69, 9.17) is 9.84 Å². The van der Waals surface area contributed by atoms with E-state index < -0.39 is 5.97 Å². The first-order valence-electron chi connectivity index (χ1n) is 7.61. The first kappa shape index (κ1) is 17.0. The summed E-state index contributed by atoms with van der Waals surface area (Å²) in [5.41, 5.74) is 0. The highest BCUT2D eigenvalue weighted by atomic mass is 16.5. The molecule has 1 heterocycles. The van der Waals surface area contributed by atoms with Crippen LogP contribution >= 0.6 is 0 Å². The van der Waals surface area contributed by atoms with Crippen molar-refractivity contribution in [2.45, 2.75) is 58.5 Å². The van der Waals surface area contributed by atoms with Gasteiger partial charge >= 0.3 is 5.97 Å². The second kappa shape index (κ2) is 8.95. The van der Waals surface area contributed by atoms with E-state index in [9.17, 15) is 9.59 Å². The van der Waals surface area contributed by atoms with Crippen molar-refractivity contribution in [3.8, 4) is 0 Å². The Kier molecular flexibility index (Phi) is 7.59. The van der Waals surface area contributed by atoms with Crippen molar-refractivity contribution in [1.82, 2.24) is 5.32 Å². The van der Waals surface area contributed by atoms with E-state index in [0.717, 1.165) is 25.7 Å². The Morgan fingerprint density at radius 3 is 2.60 bits per heavy atom. The predicted octanol–water partition coefficient (Wildman–Crippen LogP) is 2.20. The zero-order chi connectivity index (χ0) is 15.0. The molecule has 20 heavy (non-hydrogen) atoms. The molecule has 0 aromatic heterocycles. The van der Waals surface area contributed by atoms with Gasteiger partial charge in [-0.25, -0.2) is 0 Å². The number of carboxylic acids is 1. The van der Waals surface area contributed by atoms with Crippen LogP contribution in [0.3, 0.4) is 0 Å². The number of aliphatic carboxylic acids is 1. The third-order valence-corrected chi connectivity index (χ3v) is 3.96. The Morgan fingerprint density at radius 2 is 2.05 bits per heavy atom. The molecular weight excluding hydrogens is 258 g/mol. The van der Waals surface area contributed by atoms with E-state index in [0.29, 0.717) is 31.4 Å². The molecule has 116 valence electrons. The molecule has 5 nitrogen and oxygen atoms in total. The maximum absolute atomic E-state index is 11.9. The first-order valence-corrected chi connectivity index (χ1v) is 7.61. The lowest BCUT2D eigenvalue weighted by Crippen LogP contribution is -2.39. The maximum atomic E-state index is 11.9. The Hall–Kier alpha value is -1.10. The van der Waals surface area contributed by atoms with Crippen molar-refractivity contribution in [3.05, 3.63) is 0 Å². The lowest BCUT2D eigenvalue weighted by molar-refractivity contribution is -0.138. The highest BCUT2D eigenvalue weighted by Gasteiger charge is 2.22. The summed E-state index contributed by atoms with van der Waals surface area (Å²) in [6, 6.07) is 0. The van der Waals surface area contributed by atoms with Crippen LogP contribution in [-0.4, -0.2) is 36.2 Å². The van der Waals surface area contributed by atoms with Crippen LogP contribution < -0.4 is 5.32 Å². The topological polar surface area (TPSA) is 75.6 Å². The van der Waals surface area contributed by atoms with Crippen molar-refractivity contribution in [2.75, 3.05) is 13.2 Å². The zero-order valence-corrected chi connectivity index (χ0v) is 12.6. The van der Waals surface area contributed by atoms with Crippen molar-refractivity contribution >= 4 is 11.9 Å². The molecule has 2 N–H and O–H groups in total. The molecule has 1 amide bonds. The molecule has 1 fully saturated rings. The molecule has 1 aliphatic heterocycles. The first-order chi connectivity index (χ1) is 9.50. The molecule has 1 rings (SSSR count). The van der Waals surface area contributed by atoms with Gasteiger partial charge in [0.15, 0.2) is 0 Å². The van der Waals surface area contributed by atoms with Gasteiger partial charge in [-0.3, -0.25) is 9.59 Å². The Morgan fingerprint density at radius 1 is 1.30 bits per heavy atom. The SMILES string of the molecule is CC(C)C(CCNC(=O)C1CCCCO1)CCC(=O)O. The van der Waals surface area contributed by atoms with Crippen molar-refractivity contribution in [3.63, 3.8) is 0 Å². The number of hydrogen-bond donors (Lipinski definition) is 2. The quantitative estimate of drug-likeness (QED) is 0.717. The Balaban J connectivity index is 2.25. The van der Waals surface area contributed by atoms with Crippen LogP contribution in [0.5, 0.6) is 0 Å². The van der Waals surface area contributed by atoms with Crippen LogP contribution in [0, 0.1) is 11.8 Å². The van der Waals surface area contributed by atoms with E-state index >= 15 is 0 Å². The number of carboxylic acid groups (broad SMARTS) is 1. The second-order valence-corrected chi connectivity index (χ2v) is 5.87. The maximum Gasteiger partial charge on any atom is 0.303 e. The van der Waals surface area contributed by atoms with Crippen LogP contribution in [0.2, 0.25) is 0 Å². The zero-order valence-electron chi connectivity index (χ0n) is 12.6. The van der Waals surface area contributed by atoms with Crippen LogP contribution in [0.25, 0.3) is 0 Å². The molecule has 0 radical (unpaired) electrons. The summed E-state index contributed by atoms with van der Waals surface area (Å²) in [6.45, 7) is 5.46. The van der Waals surface area contributed by atoms with Crippen molar-refractivity contribution in [2.24, 2.45) is 11.8 Å². The molecule has 2 unspecified atom stereocenters. The van der Waals surface area contributed by atoms with E-state index in [1.807, 2.05) is 0 Å². The highest BCUT2D eigenvalue weighted by molar-refractivity contribution is 5.80. The molecule has 0 bridgehead atoms. The smallest absolute Gasteiger partial charge is 0.303 e. The normalized spacial score (nSPS) is 20.6. The van der Waals surface area contributed by atoms with E-state index in [2.05, 4.69) is 19.2 Å². The van der Waals surface area contributed by atoms with Gasteiger partial charge in [0, 0.05) is 19.6 Å². The Labute approximate surface area is 121 Å². The number of carbonyl (C=O) groups excluding carboxylic acids is 1. The highest BCUT2D eigenvalue weighted by Crippen LogP contribution is 2.20. The molecule has 1 aliphatic rings. The molecule has 2 atom stereocenters. The van der Waals surface area contributed by atoms with E-state index in [1.165, 1.54) is 0 Å². The van der Waals surface area contributed by atoms with E-state index in [-0.39, 0.29) is 18.4 Å². The summed E-state index contributed by atoms with van der Waals surface area (Å²) in [6.07, 6.45) is 4.28. The van der Waals surface area contributed by atoms with Gasteiger partial charge in [-0.05, 0) is 43.9 Å². The fourth-order valence-electron chi connectivity index (χ4n) is 2.56. The van der Waals surface area contributed by atoms with Crippen LogP contribution in [-0.2, 0) is 14.3 Å². The van der Waals surface area contributed by atoms with Crippen LogP contribution in [0.1, 0.15) is 52.4 Å². The molecule has 0 aromatic carbocycles. The van der Waals surface area contributed by atoms with Gasteiger partial charge < -0.3 is 15.2 Å². The molecular formula is C15H27NO4. The monoisotopic (exact) mass is 285 g/mol. The predicted molar refractivity (Wildman–Crippen MR) is 76.4 cm³/mol. The fraction of sp³-hybridized carbons (Fsp3) is 0.867. The van der Waals surface area contributed by atoms with E-state index in [1.54, 1.807) is 0 Å². The number of nitrogens with one attached hydrogen (secondary N) is 1. The number of amides is 1.